The lowest BCUT2D eigenvalue weighted by molar-refractivity contribution is 0.662. The minimum Gasteiger partial charge on any atom is -0.309 e. The summed E-state index contributed by atoms with van der Waals surface area (Å²) in [4.78, 5) is 0. The monoisotopic (exact) mass is 703 g/mol. The molecule has 8 aromatic carbocycles. The van der Waals surface area contributed by atoms with Gasteiger partial charge in [-0.3, -0.25) is 0 Å². The third kappa shape index (κ3) is 4.47. The highest BCUT2D eigenvalue weighted by Gasteiger charge is 2.39. The van der Waals surface area contributed by atoms with Gasteiger partial charge >= 0.3 is 0 Å². The van der Waals surface area contributed by atoms with E-state index in [0.29, 0.717) is 0 Å². The molecule has 1 nitrogen and oxygen atoms in total. The van der Waals surface area contributed by atoms with E-state index in [2.05, 4.69) is 208 Å². The van der Waals surface area contributed by atoms with Crippen LogP contribution in [0, 0.1) is 0 Å². The number of benzene rings is 8. The molecule has 0 atom stereocenters. The largest absolute Gasteiger partial charge is 0.309 e. The highest BCUT2D eigenvalue weighted by atomic mass is 15.0. The quantitative estimate of drug-likeness (QED) is 0.172. The van der Waals surface area contributed by atoms with Gasteiger partial charge in [-0.05, 0) is 103 Å². The second-order valence-electron chi connectivity index (χ2n) is 16.5. The molecule has 0 fully saturated rings. The van der Waals surface area contributed by atoms with Crippen molar-refractivity contribution in [3.8, 4) is 61.3 Å². The van der Waals surface area contributed by atoms with Crippen molar-refractivity contribution in [2.24, 2.45) is 0 Å². The first kappa shape index (κ1) is 32.0. The molecular weight excluding hydrogens is 663 g/mol. The van der Waals surface area contributed by atoms with Crippen molar-refractivity contribution >= 4 is 21.8 Å². The van der Waals surface area contributed by atoms with E-state index >= 15 is 0 Å². The molecule has 0 aliphatic heterocycles. The molecule has 1 heterocycles. The van der Waals surface area contributed by atoms with E-state index in [1.54, 1.807) is 0 Å². The summed E-state index contributed by atoms with van der Waals surface area (Å²) in [5.41, 5.74) is 21.8. The first-order chi connectivity index (χ1) is 26.8. The van der Waals surface area contributed by atoms with Gasteiger partial charge in [-0.25, -0.2) is 0 Å². The third-order valence-electron chi connectivity index (χ3n) is 12.8. The zero-order valence-electron chi connectivity index (χ0n) is 31.7. The van der Waals surface area contributed by atoms with Gasteiger partial charge in [-0.15, -0.1) is 0 Å². The van der Waals surface area contributed by atoms with Crippen LogP contribution in [0.3, 0.4) is 0 Å². The molecule has 55 heavy (non-hydrogen) atoms. The molecule has 0 spiro atoms. The number of rotatable bonds is 4. The standard InChI is InChI=1S/C54H41N/c1-53(2)47-25-11-8-18-39(47)42-22-14-21-38(50(42)53)36-32-45-41-20-10-13-27-49(41)55(37-30-28-35(29-31-37)34-16-6-5-7-17-34)52(45)46(33-36)44-24-15-23-43-40-19-9-12-26-48(40)54(3,4)51(43)44/h5-33H,1-4H3. The van der Waals surface area contributed by atoms with Crippen LogP contribution in [0.1, 0.15) is 49.9 Å². The van der Waals surface area contributed by atoms with Crippen molar-refractivity contribution in [3.05, 3.63) is 198 Å². The van der Waals surface area contributed by atoms with E-state index in [1.165, 1.54) is 99.7 Å². The molecule has 0 radical (unpaired) electrons. The van der Waals surface area contributed by atoms with Crippen LogP contribution in [0.5, 0.6) is 0 Å². The Bertz CT molecular complexity index is 3010. The number of hydrogen-bond donors (Lipinski definition) is 0. The topological polar surface area (TPSA) is 4.93 Å². The van der Waals surface area contributed by atoms with Crippen LogP contribution in [0.2, 0.25) is 0 Å². The van der Waals surface area contributed by atoms with E-state index < -0.39 is 0 Å². The molecule has 0 bridgehead atoms. The Hall–Kier alpha value is -6.44. The smallest absolute Gasteiger partial charge is 0.0620 e. The summed E-state index contributed by atoms with van der Waals surface area (Å²) in [5.74, 6) is 0. The fourth-order valence-corrected chi connectivity index (χ4v) is 10.3. The summed E-state index contributed by atoms with van der Waals surface area (Å²) in [5, 5.41) is 2.53. The van der Waals surface area contributed by atoms with Crippen molar-refractivity contribution in [1.29, 1.82) is 0 Å². The number of fused-ring (bicyclic) bond motifs is 9. The normalized spacial score (nSPS) is 14.5. The van der Waals surface area contributed by atoms with Gasteiger partial charge < -0.3 is 4.57 Å². The highest BCUT2D eigenvalue weighted by molar-refractivity contribution is 6.16. The van der Waals surface area contributed by atoms with E-state index in [-0.39, 0.29) is 10.8 Å². The van der Waals surface area contributed by atoms with Crippen molar-refractivity contribution < 1.29 is 0 Å². The zero-order valence-corrected chi connectivity index (χ0v) is 31.7. The average Bonchev–Trinajstić information content (AvgIpc) is 3.78. The lowest BCUT2D eigenvalue weighted by Crippen LogP contribution is -2.16. The minimum absolute atomic E-state index is 0.135. The average molecular weight is 704 g/mol. The van der Waals surface area contributed by atoms with Crippen molar-refractivity contribution in [2.75, 3.05) is 0 Å². The molecule has 11 rings (SSSR count). The predicted octanol–water partition coefficient (Wildman–Crippen LogP) is 14.4. The number of para-hydroxylation sites is 1. The van der Waals surface area contributed by atoms with Gasteiger partial charge in [-0.2, -0.15) is 0 Å². The SMILES string of the molecule is CC1(C)c2ccccc2-c2cccc(-c3cc(-c4cccc5c4C(C)(C)c4ccccc4-5)c4c(c3)c3ccccc3n4-c3ccc(-c4ccccc4)cc3)c21. The van der Waals surface area contributed by atoms with Crippen LogP contribution in [0.4, 0.5) is 0 Å². The number of nitrogens with zero attached hydrogens (tertiary/aromatic N) is 1. The second kappa shape index (κ2) is 11.5. The molecule has 1 aromatic heterocycles. The molecule has 2 aliphatic carbocycles. The Morgan fingerprint density at radius 2 is 0.836 bits per heavy atom. The Balaban J connectivity index is 1.25. The Kier molecular flexibility index (Phi) is 6.72. The minimum atomic E-state index is -0.170. The maximum Gasteiger partial charge on any atom is 0.0620 e. The van der Waals surface area contributed by atoms with Gasteiger partial charge in [0, 0.05) is 32.9 Å². The van der Waals surface area contributed by atoms with Crippen LogP contribution >= 0.6 is 0 Å². The molecule has 0 saturated carbocycles. The Labute approximate surface area is 323 Å². The molecule has 262 valence electrons. The van der Waals surface area contributed by atoms with Gasteiger partial charge in [0.05, 0.1) is 11.0 Å². The number of hydrogen-bond acceptors (Lipinski definition) is 0. The molecular formula is C54H41N. The van der Waals surface area contributed by atoms with Gasteiger partial charge in [-0.1, -0.05) is 173 Å². The first-order valence-electron chi connectivity index (χ1n) is 19.5. The highest BCUT2D eigenvalue weighted by Crippen LogP contribution is 2.56. The first-order valence-corrected chi connectivity index (χ1v) is 19.5. The van der Waals surface area contributed by atoms with Crippen LogP contribution in [0.15, 0.2) is 176 Å². The van der Waals surface area contributed by atoms with Gasteiger partial charge in [0.2, 0.25) is 0 Å². The summed E-state index contributed by atoms with van der Waals surface area (Å²) < 4.78 is 2.52. The van der Waals surface area contributed by atoms with E-state index in [1.807, 2.05) is 0 Å². The zero-order chi connectivity index (χ0) is 37.1. The summed E-state index contributed by atoms with van der Waals surface area (Å²) in [6, 6.07) is 65.7. The lowest BCUT2D eigenvalue weighted by Gasteiger charge is -2.26. The van der Waals surface area contributed by atoms with Gasteiger partial charge in [0.1, 0.15) is 0 Å². The molecule has 0 N–H and O–H groups in total. The van der Waals surface area contributed by atoms with Crippen LogP contribution < -0.4 is 0 Å². The molecule has 2 aliphatic rings. The fourth-order valence-electron chi connectivity index (χ4n) is 10.3. The maximum absolute atomic E-state index is 2.52. The van der Waals surface area contributed by atoms with Crippen LogP contribution in [-0.2, 0) is 10.8 Å². The van der Waals surface area contributed by atoms with E-state index in [9.17, 15) is 0 Å². The predicted molar refractivity (Wildman–Crippen MR) is 232 cm³/mol. The van der Waals surface area contributed by atoms with Crippen LogP contribution in [0.25, 0.3) is 83.1 Å². The summed E-state index contributed by atoms with van der Waals surface area (Å²) in [6.45, 7) is 9.61. The van der Waals surface area contributed by atoms with Crippen molar-refractivity contribution in [1.82, 2.24) is 4.57 Å². The second-order valence-corrected chi connectivity index (χ2v) is 16.5. The van der Waals surface area contributed by atoms with Crippen LogP contribution in [-0.4, -0.2) is 4.57 Å². The van der Waals surface area contributed by atoms with Crippen molar-refractivity contribution in [2.45, 2.75) is 38.5 Å². The molecule has 0 saturated heterocycles. The summed E-state index contributed by atoms with van der Waals surface area (Å²) in [7, 11) is 0. The molecule has 0 unspecified atom stereocenters. The molecule has 9 aromatic rings. The molecule has 1 heteroatoms. The Morgan fingerprint density at radius 3 is 1.49 bits per heavy atom. The summed E-state index contributed by atoms with van der Waals surface area (Å²) >= 11 is 0. The van der Waals surface area contributed by atoms with E-state index in [4.69, 9.17) is 0 Å². The number of aromatic nitrogens is 1. The lowest BCUT2D eigenvalue weighted by atomic mass is 9.77. The maximum atomic E-state index is 2.52. The Morgan fingerprint density at radius 1 is 0.345 bits per heavy atom. The van der Waals surface area contributed by atoms with E-state index in [0.717, 1.165) is 5.69 Å². The van der Waals surface area contributed by atoms with Gasteiger partial charge in [0.25, 0.3) is 0 Å². The fraction of sp³-hybridized carbons (Fsp3) is 0.111. The van der Waals surface area contributed by atoms with Gasteiger partial charge in [0.15, 0.2) is 0 Å². The van der Waals surface area contributed by atoms with Crippen molar-refractivity contribution in [3.63, 3.8) is 0 Å². The summed E-state index contributed by atoms with van der Waals surface area (Å²) in [6.07, 6.45) is 0. The third-order valence-corrected chi connectivity index (χ3v) is 12.8. The molecule has 0 amide bonds.